The van der Waals surface area contributed by atoms with Crippen molar-refractivity contribution in [2.24, 2.45) is 0 Å². The quantitative estimate of drug-likeness (QED) is 0.351. The van der Waals surface area contributed by atoms with Gasteiger partial charge in [-0.2, -0.15) is 10.5 Å². The highest BCUT2D eigenvalue weighted by molar-refractivity contribution is 7.22. The van der Waals surface area contributed by atoms with Crippen molar-refractivity contribution in [1.29, 1.82) is 10.5 Å². The molecule has 0 aliphatic carbocycles. The molecule has 1 saturated heterocycles. The van der Waals surface area contributed by atoms with Crippen LogP contribution in [0.5, 0.6) is 0 Å². The number of rotatable bonds is 4. The SMILES string of the molecule is C=CC(=O)N1CCN(c2c(C#N)c(=O)[nH]c3c(F)c(-c4ccc(F)c5sc(N)nc45)c(Cl)cc23)CC1CC#N. The van der Waals surface area contributed by atoms with Crippen LogP contribution < -0.4 is 16.2 Å². The number of hydrogen-bond acceptors (Lipinski definition) is 8. The summed E-state index contributed by atoms with van der Waals surface area (Å²) in [6.07, 6.45) is 1.15. The summed E-state index contributed by atoms with van der Waals surface area (Å²) in [5, 5.41) is 19.4. The number of anilines is 2. The second-order valence-electron chi connectivity index (χ2n) is 8.78. The van der Waals surface area contributed by atoms with Gasteiger partial charge in [0, 0.05) is 36.1 Å². The van der Waals surface area contributed by atoms with Crippen molar-refractivity contribution in [3.8, 4) is 23.3 Å². The zero-order valence-electron chi connectivity index (χ0n) is 20.1. The number of benzene rings is 2. The minimum Gasteiger partial charge on any atom is -0.375 e. The minimum absolute atomic E-state index is 0.00427. The molecule has 0 spiro atoms. The summed E-state index contributed by atoms with van der Waals surface area (Å²) in [6.45, 7) is 3.99. The number of halogens is 3. The molecule has 13 heteroatoms. The summed E-state index contributed by atoms with van der Waals surface area (Å²) < 4.78 is 30.7. The maximum atomic E-state index is 16.2. The molecule has 0 saturated carbocycles. The number of nitrogens with one attached hydrogen (secondary N) is 1. The highest BCUT2D eigenvalue weighted by atomic mass is 35.5. The van der Waals surface area contributed by atoms with Crippen LogP contribution in [0, 0.1) is 34.3 Å². The molecule has 196 valence electrons. The fourth-order valence-electron chi connectivity index (χ4n) is 4.97. The van der Waals surface area contributed by atoms with Crippen LogP contribution in [-0.2, 0) is 4.79 Å². The van der Waals surface area contributed by atoms with Crippen molar-refractivity contribution in [1.82, 2.24) is 14.9 Å². The number of piperazine rings is 1. The van der Waals surface area contributed by atoms with E-state index in [4.69, 9.17) is 17.3 Å². The molecule has 3 N–H and O–H groups in total. The molecule has 3 heterocycles. The number of nitrogens with two attached hydrogens (primary N) is 1. The van der Waals surface area contributed by atoms with E-state index in [1.807, 2.05) is 6.07 Å². The molecule has 0 radical (unpaired) electrons. The van der Waals surface area contributed by atoms with Crippen molar-refractivity contribution < 1.29 is 13.6 Å². The van der Waals surface area contributed by atoms with Crippen molar-refractivity contribution in [3.63, 3.8) is 0 Å². The Morgan fingerprint density at radius 2 is 2.13 bits per heavy atom. The lowest BCUT2D eigenvalue weighted by Crippen LogP contribution is -2.55. The van der Waals surface area contributed by atoms with Gasteiger partial charge in [-0.1, -0.05) is 29.5 Å². The van der Waals surface area contributed by atoms with Crippen LogP contribution in [0.2, 0.25) is 5.02 Å². The number of aromatic amines is 1. The Hall–Kier alpha value is -4.52. The molecule has 1 amide bonds. The van der Waals surface area contributed by atoms with Gasteiger partial charge in [0.05, 0.1) is 45.0 Å². The number of hydrogen-bond donors (Lipinski definition) is 2. The number of fused-ring (bicyclic) bond motifs is 2. The lowest BCUT2D eigenvalue weighted by molar-refractivity contribution is -0.128. The van der Waals surface area contributed by atoms with Gasteiger partial charge >= 0.3 is 0 Å². The van der Waals surface area contributed by atoms with Crippen LogP contribution in [0.25, 0.3) is 32.2 Å². The highest BCUT2D eigenvalue weighted by Gasteiger charge is 2.33. The number of thiazole rings is 1. The topological polar surface area (TPSA) is 143 Å². The summed E-state index contributed by atoms with van der Waals surface area (Å²) in [4.78, 5) is 35.1. The standard InChI is InChI=1S/C26H18ClF2N7O2S/c1-2-18(37)36-8-7-35(11-12(36)5-6-30)23-14-9-16(27)19(20(29)21(14)33-25(38)15(23)10-31)13-3-4-17(28)24-22(13)34-26(32)39-24/h2-4,9,12H,1,5,7-8,11H2,(H2,32,34)(H,33,38). The van der Waals surface area contributed by atoms with Crippen molar-refractivity contribution in [3.05, 3.63) is 63.4 Å². The molecule has 4 aromatic rings. The van der Waals surface area contributed by atoms with Crippen LogP contribution >= 0.6 is 22.9 Å². The van der Waals surface area contributed by atoms with E-state index in [0.29, 0.717) is 0 Å². The van der Waals surface area contributed by atoms with Crippen molar-refractivity contribution >= 4 is 60.8 Å². The Kier molecular flexibility index (Phi) is 6.68. The van der Waals surface area contributed by atoms with Gasteiger partial charge in [-0.15, -0.1) is 0 Å². The molecule has 2 aromatic carbocycles. The van der Waals surface area contributed by atoms with E-state index in [-0.39, 0.29) is 85.6 Å². The van der Waals surface area contributed by atoms with Crippen molar-refractivity contribution in [2.45, 2.75) is 12.5 Å². The smallest absolute Gasteiger partial charge is 0.268 e. The summed E-state index contributed by atoms with van der Waals surface area (Å²) >= 11 is 7.52. The number of nitrogens with zero attached hydrogens (tertiary/aromatic N) is 5. The van der Waals surface area contributed by atoms with E-state index in [9.17, 15) is 24.5 Å². The number of carbonyl (C=O) groups excluding carboxylic acids is 1. The minimum atomic E-state index is -0.895. The van der Waals surface area contributed by atoms with Gasteiger partial charge in [-0.3, -0.25) is 9.59 Å². The van der Waals surface area contributed by atoms with E-state index in [2.05, 4.69) is 22.6 Å². The van der Waals surface area contributed by atoms with Gasteiger partial charge in [-0.25, -0.2) is 13.8 Å². The zero-order valence-corrected chi connectivity index (χ0v) is 21.7. The van der Waals surface area contributed by atoms with Gasteiger partial charge < -0.3 is 20.5 Å². The number of nitrogen functional groups attached to an aromatic ring is 1. The first-order chi connectivity index (χ1) is 18.7. The van der Waals surface area contributed by atoms with E-state index < -0.39 is 23.2 Å². The maximum absolute atomic E-state index is 16.2. The molecule has 1 fully saturated rings. The van der Waals surface area contributed by atoms with E-state index in [0.717, 1.165) is 23.5 Å². The molecule has 9 nitrogen and oxygen atoms in total. The summed E-state index contributed by atoms with van der Waals surface area (Å²) in [6, 6.07) is 7.29. The summed E-state index contributed by atoms with van der Waals surface area (Å²) in [5.41, 5.74) is 4.80. The van der Waals surface area contributed by atoms with Crippen LogP contribution in [0.15, 0.2) is 35.6 Å². The number of amides is 1. The zero-order chi connectivity index (χ0) is 28.0. The molecule has 1 aliphatic heterocycles. The largest absolute Gasteiger partial charge is 0.375 e. The second-order valence-corrected chi connectivity index (χ2v) is 10.2. The summed E-state index contributed by atoms with van der Waals surface area (Å²) in [5.74, 6) is -1.82. The number of nitriles is 2. The second kappa shape index (κ2) is 9.98. The predicted molar refractivity (Wildman–Crippen MR) is 145 cm³/mol. The average molecular weight is 566 g/mol. The third-order valence-corrected chi connectivity index (χ3v) is 7.84. The number of carbonyl (C=O) groups is 1. The Balaban J connectivity index is 1.73. The third kappa shape index (κ3) is 4.24. The predicted octanol–water partition coefficient (Wildman–Crippen LogP) is 4.31. The van der Waals surface area contributed by atoms with Crippen molar-refractivity contribution in [2.75, 3.05) is 30.3 Å². The fraction of sp³-hybridized carbons (Fsp3) is 0.192. The summed E-state index contributed by atoms with van der Waals surface area (Å²) in [7, 11) is 0. The number of aromatic nitrogens is 2. The highest BCUT2D eigenvalue weighted by Crippen LogP contribution is 2.42. The first kappa shape index (κ1) is 26.1. The molecular formula is C26H18ClF2N7O2S. The lowest BCUT2D eigenvalue weighted by Gasteiger charge is -2.41. The maximum Gasteiger partial charge on any atom is 0.268 e. The molecule has 5 rings (SSSR count). The first-order valence-corrected chi connectivity index (χ1v) is 12.8. The van der Waals surface area contributed by atoms with Gasteiger partial charge in [0.15, 0.2) is 10.9 Å². The van der Waals surface area contributed by atoms with E-state index in [1.54, 1.807) is 4.90 Å². The van der Waals surface area contributed by atoms with Crippen LogP contribution in [-0.4, -0.2) is 46.5 Å². The molecule has 0 bridgehead atoms. The number of pyridine rings is 1. The monoisotopic (exact) mass is 565 g/mol. The Morgan fingerprint density at radius 3 is 2.82 bits per heavy atom. The van der Waals surface area contributed by atoms with E-state index in [1.165, 1.54) is 17.0 Å². The van der Waals surface area contributed by atoms with Gasteiger partial charge in [0.25, 0.3) is 5.56 Å². The Labute approximate surface area is 228 Å². The molecule has 1 atom stereocenters. The van der Waals surface area contributed by atoms with Crippen LogP contribution in [0.4, 0.5) is 19.6 Å². The lowest BCUT2D eigenvalue weighted by atomic mass is 9.98. The third-order valence-electron chi connectivity index (χ3n) is 6.65. The molecule has 1 unspecified atom stereocenters. The van der Waals surface area contributed by atoms with Crippen LogP contribution in [0.1, 0.15) is 12.0 Å². The number of H-pyrrole nitrogens is 1. The first-order valence-electron chi connectivity index (χ1n) is 11.6. The van der Waals surface area contributed by atoms with Gasteiger partial charge in [-0.05, 0) is 24.3 Å². The molecular weight excluding hydrogens is 548 g/mol. The fourth-order valence-corrected chi connectivity index (χ4v) is 6.02. The van der Waals surface area contributed by atoms with Crippen LogP contribution in [0.3, 0.4) is 0 Å². The van der Waals surface area contributed by atoms with Gasteiger partial charge in [0.1, 0.15) is 17.4 Å². The molecule has 2 aromatic heterocycles. The Morgan fingerprint density at radius 1 is 1.36 bits per heavy atom. The van der Waals surface area contributed by atoms with E-state index >= 15 is 4.39 Å². The average Bonchev–Trinajstić information content (AvgIpc) is 3.32. The molecule has 1 aliphatic rings. The normalized spacial score (nSPS) is 15.4. The van der Waals surface area contributed by atoms with Gasteiger partial charge in [0.2, 0.25) is 5.91 Å². The Bertz CT molecular complexity index is 1840. The molecule has 39 heavy (non-hydrogen) atoms.